The Labute approximate surface area is 45.2 Å². The van der Waals surface area contributed by atoms with Crippen molar-refractivity contribution in [2.45, 2.75) is 0 Å². The van der Waals surface area contributed by atoms with Crippen molar-refractivity contribution >= 4 is 18.1 Å². The minimum absolute atomic E-state index is 0.164. The van der Waals surface area contributed by atoms with Gasteiger partial charge in [0, 0.05) is 0 Å². The summed E-state index contributed by atoms with van der Waals surface area (Å²) in [6.07, 6.45) is 0.274. The number of carbonyl (C=O) groups excluding carboxylic acids is 2. The SMILES string of the molecule is O=C1C=NC(=O)OC1. The quantitative estimate of drug-likeness (QED) is 0.436. The molecule has 0 aliphatic carbocycles. The van der Waals surface area contributed by atoms with Crippen molar-refractivity contribution in [3.63, 3.8) is 0 Å². The first-order valence-electron chi connectivity index (χ1n) is 2.03. The minimum atomic E-state index is -0.690. The second kappa shape index (κ2) is 1.73. The molecule has 0 saturated heterocycles. The van der Waals surface area contributed by atoms with Crippen molar-refractivity contribution in [3.05, 3.63) is 0 Å². The number of cyclic esters (lactones) is 1. The third kappa shape index (κ3) is 0.900. The van der Waals surface area contributed by atoms with Crippen LogP contribution in [0.15, 0.2) is 4.99 Å². The molecule has 0 fully saturated rings. The minimum Gasteiger partial charge on any atom is -0.439 e. The lowest BCUT2D eigenvalue weighted by molar-refractivity contribution is -0.115. The van der Waals surface area contributed by atoms with E-state index in [0.717, 1.165) is 6.21 Å². The zero-order chi connectivity index (χ0) is 5.98. The van der Waals surface area contributed by atoms with E-state index < -0.39 is 6.09 Å². The van der Waals surface area contributed by atoms with Crippen molar-refractivity contribution < 1.29 is 14.3 Å². The number of ether oxygens (including phenoxy) is 1. The van der Waals surface area contributed by atoms with Gasteiger partial charge in [-0.3, -0.25) is 4.79 Å². The fourth-order valence-electron chi connectivity index (χ4n) is 0.332. The van der Waals surface area contributed by atoms with Gasteiger partial charge in [-0.25, -0.2) is 4.79 Å². The average Bonchev–Trinajstić information content (AvgIpc) is 1.77. The van der Waals surface area contributed by atoms with Crippen molar-refractivity contribution in [2.75, 3.05) is 6.61 Å². The number of amides is 1. The van der Waals surface area contributed by atoms with Crippen LogP contribution in [0.25, 0.3) is 0 Å². The second-order valence-electron chi connectivity index (χ2n) is 1.28. The molecule has 0 unspecified atom stereocenters. The Hall–Kier alpha value is -1.19. The van der Waals surface area contributed by atoms with E-state index in [1.165, 1.54) is 0 Å². The number of aliphatic imine (C=N–C) groups is 1. The van der Waals surface area contributed by atoms with Crippen LogP contribution in [-0.4, -0.2) is 24.7 Å². The first-order valence-corrected chi connectivity index (χ1v) is 2.03. The summed E-state index contributed by atoms with van der Waals surface area (Å²) in [6, 6.07) is 0. The molecule has 0 spiro atoms. The van der Waals surface area contributed by atoms with Crippen LogP contribution in [0.3, 0.4) is 0 Å². The maximum atomic E-state index is 10.2. The summed E-state index contributed by atoms with van der Waals surface area (Å²) in [5.74, 6) is -0.274. The van der Waals surface area contributed by atoms with E-state index in [-0.39, 0.29) is 12.4 Å². The molecule has 1 rings (SSSR count). The fourth-order valence-corrected chi connectivity index (χ4v) is 0.332. The van der Waals surface area contributed by atoms with Gasteiger partial charge in [-0.2, -0.15) is 4.99 Å². The van der Waals surface area contributed by atoms with Crippen LogP contribution >= 0.6 is 0 Å². The Balaban J connectivity index is 2.68. The Morgan fingerprint density at radius 3 is 2.75 bits per heavy atom. The van der Waals surface area contributed by atoms with Crippen LogP contribution in [0.5, 0.6) is 0 Å². The molecule has 1 aliphatic rings. The van der Waals surface area contributed by atoms with Crippen LogP contribution < -0.4 is 0 Å². The molecule has 4 nitrogen and oxygen atoms in total. The molecule has 42 valence electrons. The van der Waals surface area contributed by atoms with Gasteiger partial charge in [0.05, 0.1) is 6.21 Å². The first kappa shape index (κ1) is 4.96. The van der Waals surface area contributed by atoms with Gasteiger partial charge < -0.3 is 4.74 Å². The number of hydrogen-bond acceptors (Lipinski definition) is 3. The number of ketones is 1. The third-order valence-corrected chi connectivity index (χ3v) is 0.652. The van der Waals surface area contributed by atoms with E-state index in [1.54, 1.807) is 0 Å². The highest BCUT2D eigenvalue weighted by molar-refractivity contribution is 6.31. The molecule has 4 heteroatoms. The Morgan fingerprint density at radius 2 is 2.38 bits per heavy atom. The highest BCUT2D eigenvalue weighted by Gasteiger charge is 2.08. The van der Waals surface area contributed by atoms with Gasteiger partial charge in [-0.1, -0.05) is 0 Å². The largest absolute Gasteiger partial charge is 0.439 e. The summed E-state index contributed by atoms with van der Waals surface area (Å²) in [7, 11) is 0. The average molecular weight is 113 g/mol. The van der Waals surface area contributed by atoms with Crippen molar-refractivity contribution in [1.29, 1.82) is 0 Å². The molecule has 0 radical (unpaired) electrons. The van der Waals surface area contributed by atoms with E-state index in [4.69, 9.17) is 0 Å². The monoisotopic (exact) mass is 113 g/mol. The van der Waals surface area contributed by atoms with E-state index in [1.807, 2.05) is 0 Å². The maximum Gasteiger partial charge on any atom is 0.434 e. The maximum absolute atomic E-state index is 10.2. The normalized spacial score (nSPS) is 18.5. The van der Waals surface area contributed by atoms with Crippen LogP contribution in [0.4, 0.5) is 4.79 Å². The summed E-state index contributed by atoms with van der Waals surface area (Å²) in [5, 5.41) is 0. The second-order valence-corrected chi connectivity index (χ2v) is 1.28. The van der Waals surface area contributed by atoms with E-state index in [2.05, 4.69) is 9.73 Å². The summed E-state index contributed by atoms with van der Waals surface area (Å²) in [6.45, 7) is -0.164. The van der Waals surface area contributed by atoms with Crippen LogP contribution in [0.1, 0.15) is 0 Å². The molecule has 0 N–H and O–H groups in total. The van der Waals surface area contributed by atoms with Gasteiger partial charge in [-0.05, 0) is 0 Å². The summed E-state index contributed by atoms with van der Waals surface area (Å²) < 4.78 is 4.20. The molecule has 0 aromatic carbocycles. The van der Waals surface area contributed by atoms with Crippen LogP contribution in [0.2, 0.25) is 0 Å². The predicted molar refractivity (Wildman–Crippen MR) is 24.8 cm³/mol. The number of hydrogen-bond donors (Lipinski definition) is 0. The predicted octanol–water partition coefficient (Wildman–Crippen LogP) is -0.224. The Bertz CT molecular complexity index is 143. The highest BCUT2D eigenvalue weighted by atomic mass is 16.6. The smallest absolute Gasteiger partial charge is 0.434 e. The zero-order valence-electron chi connectivity index (χ0n) is 3.96. The molecule has 0 aromatic heterocycles. The number of carbonyl (C=O) groups is 2. The third-order valence-electron chi connectivity index (χ3n) is 0.652. The van der Waals surface area contributed by atoms with E-state index in [9.17, 15) is 9.59 Å². The van der Waals surface area contributed by atoms with Crippen molar-refractivity contribution in [1.82, 2.24) is 0 Å². The Kier molecular flexibility index (Phi) is 1.07. The molecule has 0 aromatic rings. The Morgan fingerprint density at radius 1 is 1.62 bits per heavy atom. The van der Waals surface area contributed by atoms with Crippen molar-refractivity contribution in [2.24, 2.45) is 4.99 Å². The van der Waals surface area contributed by atoms with Crippen LogP contribution in [0, 0.1) is 0 Å². The van der Waals surface area contributed by atoms with E-state index in [0.29, 0.717) is 0 Å². The summed E-state index contributed by atoms with van der Waals surface area (Å²) in [5.41, 5.74) is 0. The van der Waals surface area contributed by atoms with Gasteiger partial charge in [-0.15, -0.1) is 0 Å². The first-order chi connectivity index (χ1) is 3.79. The highest BCUT2D eigenvalue weighted by Crippen LogP contribution is 1.88. The lowest BCUT2D eigenvalue weighted by Gasteiger charge is -1.99. The van der Waals surface area contributed by atoms with Gasteiger partial charge in [0.25, 0.3) is 0 Å². The topological polar surface area (TPSA) is 55.7 Å². The summed E-state index contributed by atoms with van der Waals surface area (Å²) >= 11 is 0. The molecule has 0 atom stereocenters. The lowest BCUT2D eigenvalue weighted by atomic mass is 10.4. The number of Topliss-reactive ketones (excluding diaryl/α,β-unsaturated/α-hetero) is 1. The molecule has 0 bridgehead atoms. The molecule has 1 aliphatic heterocycles. The molecular formula is C4H3NO3. The fraction of sp³-hybridized carbons (Fsp3) is 0.250. The van der Waals surface area contributed by atoms with Crippen molar-refractivity contribution in [3.8, 4) is 0 Å². The number of nitrogens with zero attached hydrogens (tertiary/aromatic N) is 1. The van der Waals surface area contributed by atoms with Gasteiger partial charge in [0.15, 0.2) is 6.61 Å². The van der Waals surface area contributed by atoms with Gasteiger partial charge >= 0.3 is 6.09 Å². The molecular weight excluding hydrogens is 110 g/mol. The van der Waals surface area contributed by atoms with E-state index >= 15 is 0 Å². The summed E-state index contributed by atoms with van der Waals surface area (Å²) in [4.78, 5) is 23.3. The van der Waals surface area contributed by atoms with Gasteiger partial charge in [0.1, 0.15) is 0 Å². The van der Waals surface area contributed by atoms with Gasteiger partial charge in [0.2, 0.25) is 5.78 Å². The van der Waals surface area contributed by atoms with Crippen LogP contribution in [-0.2, 0) is 9.53 Å². The zero-order valence-corrected chi connectivity index (χ0v) is 3.96. The molecule has 1 amide bonds. The standard InChI is InChI=1S/C4H3NO3/c6-3-1-5-4(7)8-2-3/h1H,2H2. The molecule has 0 saturated carbocycles. The molecule has 1 heterocycles. The number of rotatable bonds is 0. The lowest BCUT2D eigenvalue weighted by Crippen LogP contribution is -2.18. The molecule has 8 heavy (non-hydrogen) atoms.